The van der Waals surface area contributed by atoms with E-state index in [1.807, 2.05) is 6.92 Å². The van der Waals surface area contributed by atoms with E-state index in [0.717, 1.165) is 32.5 Å². The average Bonchev–Trinajstić information content (AvgIpc) is 2.29. The van der Waals surface area contributed by atoms with Gasteiger partial charge in [0.2, 0.25) is 5.91 Å². The molecule has 0 spiro atoms. The molecule has 1 aliphatic heterocycles. The van der Waals surface area contributed by atoms with Gasteiger partial charge in [0.1, 0.15) is 0 Å². The lowest BCUT2D eigenvalue weighted by Gasteiger charge is -2.32. The second-order valence-corrected chi connectivity index (χ2v) is 4.21. The molecule has 88 valence electrons. The minimum atomic E-state index is -0.0758. The number of nitrogens with one attached hydrogen (secondary N) is 2. The van der Waals surface area contributed by atoms with Crippen molar-refractivity contribution in [1.29, 1.82) is 0 Å². The van der Waals surface area contributed by atoms with Gasteiger partial charge < -0.3 is 15.5 Å². The molecule has 0 radical (unpaired) electrons. The van der Waals surface area contributed by atoms with Crippen LogP contribution in [0, 0.1) is 0 Å². The van der Waals surface area contributed by atoms with E-state index in [1.165, 1.54) is 0 Å². The summed E-state index contributed by atoms with van der Waals surface area (Å²) in [6.07, 6.45) is 2.30. The Hall–Kier alpha value is -0.610. The Morgan fingerprint density at radius 3 is 2.53 bits per heavy atom. The lowest BCUT2D eigenvalue weighted by atomic mass is 10.0. The lowest BCUT2D eigenvalue weighted by Crippen LogP contribution is -2.49. The number of carbonyl (C=O) groups is 1. The molecule has 0 aliphatic carbocycles. The molecule has 2 N–H and O–H groups in total. The molecule has 0 bridgehead atoms. The second kappa shape index (κ2) is 6.08. The normalized spacial score (nSPS) is 21.3. The molecule has 0 aromatic heterocycles. The van der Waals surface area contributed by atoms with Crippen LogP contribution >= 0.6 is 0 Å². The molecule has 1 amide bonds. The smallest absolute Gasteiger partial charge is 0.236 e. The SMILES string of the molecule is CCN1CCC(N[C@H](C)C(=O)NC)CC1. The van der Waals surface area contributed by atoms with Crippen LogP contribution in [0.5, 0.6) is 0 Å². The first-order valence-electron chi connectivity index (χ1n) is 5.87. The first kappa shape index (κ1) is 12.5. The van der Waals surface area contributed by atoms with Gasteiger partial charge in [-0.25, -0.2) is 0 Å². The molecule has 4 nitrogen and oxygen atoms in total. The van der Waals surface area contributed by atoms with Gasteiger partial charge in [-0.3, -0.25) is 4.79 Å². The van der Waals surface area contributed by atoms with E-state index < -0.39 is 0 Å². The van der Waals surface area contributed by atoms with Gasteiger partial charge in [-0.05, 0) is 39.4 Å². The zero-order valence-electron chi connectivity index (χ0n) is 10.0. The van der Waals surface area contributed by atoms with E-state index in [-0.39, 0.29) is 11.9 Å². The summed E-state index contributed by atoms with van der Waals surface area (Å²) in [6, 6.07) is 0.424. The highest BCUT2D eigenvalue weighted by Gasteiger charge is 2.21. The third-order valence-corrected chi connectivity index (χ3v) is 3.16. The zero-order chi connectivity index (χ0) is 11.3. The van der Waals surface area contributed by atoms with Crippen LogP contribution in [0.3, 0.4) is 0 Å². The van der Waals surface area contributed by atoms with Crippen LogP contribution < -0.4 is 10.6 Å². The van der Waals surface area contributed by atoms with Crippen molar-refractivity contribution in [3.63, 3.8) is 0 Å². The van der Waals surface area contributed by atoms with Crippen molar-refractivity contribution in [3.05, 3.63) is 0 Å². The number of likely N-dealkylation sites (tertiary alicyclic amines) is 1. The van der Waals surface area contributed by atoms with E-state index in [1.54, 1.807) is 7.05 Å². The Morgan fingerprint density at radius 2 is 2.07 bits per heavy atom. The number of carbonyl (C=O) groups excluding carboxylic acids is 1. The number of hydrogen-bond acceptors (Lipinski definition) is 3. The summed E-state index contributed by atoms with van der Waals surface area (Å²) in [5, 5.41) is 6.04. The summed E-state index contributed by atoms with van der Waals surface area (Å²) in [5.41, 5.74) is 0. The molecular weight excluding hydrogens is 190 g/mol. The highest BCUT2D eigenvalue weighted by Crippen LogP contribution is 2.10. The van der Waals surface area contributed by atoms with Gasteiger partial charge in [0, 0.05) is 13.1 Å². The molecule has 1 rings (SSSR count). The molecule has 1 fully saturated rings. The highest BCUT2D eigenvalue weighted by molar-refractivity contribution is 5.80. The van der Waals surface area contributed by atoms with Crippen LogP contribution in [0.2, 0.25) is 0 Å². The number of piperidine rings is 1. The van der Waals surface area contributed by atoms with Crippen molar-refractivity contribution in [2.24, 2.45) is 0 Å². The summed E-state index contributed by atoms with van der Waals surface area (Å²) in [7, 11) is 1.68. The fourth-order valence-electron chi connectivity index (χ4n) is 2.06. The van der Waals surface area contributed by atoms with Gasteiger partial charge in [-0.15, -0.1) is 0 Å². The van der Waals surface area contributed by atoms with Crippen molar-refractivity contribution < 1.29 is 4.79 Å². The van der Waals surface area contributed by atoms with E-state index in [4.69, 9.17) is 0 Å². The molecule has 4 heteroatoms. The Balaban J connectivity index is 2.26. The average molecular weight is 213 g/mol. The molecule has 0 aromatic carbocycles. The summed E-state index contributed by atoms with van der Waals surface area (Å²) in [5.74, 6) is 0.0768. The van der Waals surface area contributed by atoms with Gasteiger partial charge in [0.25, 0.3) is 0 Å². The van der Waals surface area contributed by atoms with Crippen LogP contribution in [-0.4, -0.2) is 49.6 Å². The number of amides is 1. The standard InChI is InChI=1S/C11H23N3O/c1-4-14-7-5-10(6-8-14)13-9(2)11(15)12-3/h9-10,13H,4-8H2,1-3H3,(H,12,15)/t9-/m1/s1. The molecule has 1 heterocycles. The maximum Gasteiger partial charge on any atom is 0.236 e. The highest BCUT2D eigenvalue weighted by atomic mass is 16.2. The Kier molecular flexibility index (Phi) is 5.05. The van der Waals surface area contributed by atoms with Crippen LogP contribution in [-0.2, 0) is 4.79 Å². The van der Waals surface area contributed by atoms with E-state index in [0.29, 0.717) is 6.04 Å². The molecule has 0 aromatic rings. The predicted octanol–water partition coefficient (Wildman–Crippen LogP) is 0.195. The fraction of sp³-hybridized carbons (Fsp3) is 0.909. The van der Waals surface area contributed by atoms with Crippen molar-refractivity contribution in [2.45, 2.75) is 38.8 Å². The Labute approximate surface area is 92.4 Å². The summed E-state index contributed by atoms with van der Waals surface area (Å²) < 4.78 is 0. The maximum absolute atomic E-state index is 11.3. The van der Waals surface area contributed by atoms with Crippen LogP contribution in [0.15, 0.2) is 0 Å². The van der Waals surface area contributed by atoms with Gasteiger partial charge in [-0.1, -0.05) is 6.92 Å². The quantitative estimate of drug-likeness (QED) is 0.701. The van der Waals surface area contributed by atoms with Crippen molar-refractivity contribution in [1.82, 2.24) is 15.5 Å². The van der Waals surface area contributed by atoms with Crippen LogP contribution in [0.25, 0.3) is 0 Å². The van der Waals surface area contributed by atoms with Gasteiger partial charge >= 0.3 is 0 Å². The summed E-state index contributed by atoms with van der Waals surface area (Å²) >= 11 is 0. The minimum absolute atomic E-state index is 0.0758. The maximum atomic E-state index is 11.3. The largest absolute Gasteiger partial charge is 0.358 e. The van der Waals surface area contributed by atoms with Crippen molar-refractivity contribution in [2.75, 3.05) is 26.7 Å². The van der Waals surface area contributed by atoms with Gasteiger partial charge in [-0.2, -0.15) is 0 Å². The Morgan fingerprint density at radius 1 is 1.47 bits per heavy atom. The molecule has 1 aliphatic rings. The van der Waals surface area contributed by atoms with Gasteiger partial charge in [0.05, 0.1) is 6.04 Å². The number of nitrogens with zero attached hydrogens (tertiary/aromatic N) is 1. The summed E-state index contributed by atoms with van der Waals surface area (Å²) in [4.78, 5) is 13.8. The van der Waals surface area contributed by atoms with Gasteiger partial charge in [0.15, 0.2) is 0 Å². The first-order chi connectivity index (χ1) is 7.17. The lowest BCUT2D eigenvalue weighted by molar-refractivity contribution is -0.122. The monoisotopic (exact) mass is 213 g/mol. The minimum Gasteiger partial charge on any atom is -0.358 e. The molecule has 1 atom stereocenters. The summed E-state index contributed by atoms with van der Waals surface area (Å²) in [6.45, 7) is 7.55. The van der Waals surface area contributed by atoms with E-state index >= 15 is 0 Å². The van der Waals surface area contributed by atoms with E-state index in [9.17, 15) is 4.79 Å². The zero-order valence-corrected chi connectivity index (χ0v) is 10.0. The Bertz CT molecular complexity index is 200. The van der Waals surface area contributed by atoms with E-state index in [2.05, 4.69) is 22.5 Å². The molecule has 1 saturated heterocycles. The topological polar surface area (TPSA) is 44.4 Å². The number of rotatable bonds is 4. The first-order valence-corrected chi connectivity index (χ1v) is 5.87. The molecule has 15 heavy (non-hydrogen) atoms. The number of likely N-dealkylation sites (N-methyl/N-ethyl adjacent to an activating group) is 1. The fourth-order valence-corrected chi connectivity index (χ4v) is 2.06. The molecular formula is C11H23N3O. The van der Waals surface area contributed by atoms with Crippen molar-refractivity contribution in [3.8, 4) is 0 Å². The predicted molar refractivity (Wildman–Crippen MR) is 61.8 cm³/mol. The van der Waals surface area contributed by atoms with Crippen LogP contribution in [0.1, 0.15) is 26.7 Å². The van der Waals surface area contributed by atoms with Crippen LogP contribution in [0.4, 0.5) is 0 Å². The third kappa shape index (κ3) is 3.80. The molecule has 0 saturated carbocycles. The van der Waals surface area contributed by atoms with Crippen molar-refractivity contribution >= 4 is 5.91 Å². The number of hydrogen-bond donors (Lipinski definition) is 2. The molecule has 0 unspecified atom stereocenters. The third-order valence-electron chi connectivity index (χ3n) is 3.16. The second-order valence-electron chi connectivity index (χ2n) is 4.21.